The van der Waals surface area contributed by atoms with Crippen molar-refractivity contribution < 1.29 is 15.0 Å². The number of aliphatic hydroxyl groups excluding tert-OH is 1. The predicted molar refractivity (Wildman–Crippen MR) is 45.1 cm³/mol. The molecule has 5 heteroatoms. The van der Waals surface area contributed by atoms with Gasteiger partial charge in [-0.05, 0) is 0 Å². The number of carboxylic acid groups (broad SMARTS) is 1. The molecule has 1 saturated heterocycles. The molecule has 0 atom stereocenters. The summed E-state index contributed by atoms with van der Waals surface area (Å²) in [6.45, 7) is 5.18. The summed E-state index contributed by atoms with van der Waals surface area (Å²) in [5.74, 6) is 0. The zero-order chi connectivity index (χ0) is 9.23. The summed E-state index contributed by atoms with van der Waals surface area (Å²) in [7, 11) is 0. The third-order valence-corrected chi connectivity index (χ3v) is 1.63. The number of β-amino-alcohol motifs (C(OH)–C–C–N with tert-alkyl or cyclic N) is 1. The number of piperazine rings is 1. The normalized spacial score (nSPS) is 17.8. The summed E-state index contributed by atoms with van der Waals surface area (Å²) in [5.41, 5.74) is 0. The van der Waals surface area contributed by atoms with E-state index in [1.54, 1.807) is 0 Å². The van der Waals surface area contributed by atoms with Gasteiger partial charge in [-0.15, -0.1) is 0 Å². The first kappa shape index (κ1) is 11.4. The van der Waals surface area contributed by atoms with Crippen molar-refractivity contribution in [2.75, 3.05) is 39.3 Å². The van der Waals surface area contributed by atoms with E-state index in [4.69, 9.17) is 15.0 Å². The number of nitrogens with one attached hydrogen (secondary N) is 1. The molecule has 0 bridgehead atoms. The van der Waals surface area contributed by atoms with Gasteiger partial charge in [-0.2, -0.15) is 0 Å². The maximum atomic E-state index is 8.56. The molecule has 1 fully saturated rings. The molecule has 3 N–H and O–H groups in total. The van der Waals surface area contributed by atoms with E-state index >= 15 is 0 Å². The lowest BCUT2D eigenvalue weighted by molar-refractivity contribution is -0.122. The Labute approximate surface area is 72.0 Å². The third-order valence-electron chi connectivity index (χ3n) is 1.63. The Bertz CT molecular complexity index is 102. The number of aliphatic hydroxyl groups is 1. The fourth-order valence-electron chi connectivity index (χ4n) is 1.08. The Hall–Kier alpha value is -0.650. The van der Waals surface area contributed by atoms with E-state index in [9.17, 15) is 0 Å². The minimum atomic E-state index is -0.250. The van der Waals surface area contributed by atoms with Crippen LogP contribution >= 0.6 is 0 Å². The first-order chi connectivity index (χ1) is 5.85. The van der Waals surface area contributed by atoms with E-state index in [1.165, 1.54) is 0 Å². The van der Waals surface area contributed by atoms with Crippen molar-refractivity contribution in [2.45, 2.75) is 0 Å². The highest BCUT2D eigenvalue weighted by molar-refractivity contribution is 5.32. The Morgan fingerprint density at radius 2 is 1.92 bits per heavy atom. The Morgan fingerprint density at radius 1 is 1.42 bits per heavy atom. The molecule has 1 heterocycles. The van der Waals surface area contributed by atoms with Gasteiger partial charge in [-0.1, -0.05) is 0 Å². The molecular weight excluding hydrogens is 160 g/mol. The monoisotopic (exact) mass is 176 g/mol. The van der Waals surface area contributed by atoms with Crippen LogP contribution in [0.25, 0.3) is 0 Å². The molecule has 0 aliphatic carbocycles. The van der Waals surface area contributed by atoms with Crippen molar-refractivity contribution in [3.05, 3.63) is 0 Å². The number of hydrogen-bond acceptors (Lipinski definition) is 4. The van der Waals surface area contributed by atoms with Crippen LogP contribution in [0.15, 0.2) is 0 Å². The van der Waals surface area contributed by atoms with Crippen LogP contribution in [0.1, 0.15) is 0 Å². The molecule has 1 rings (SSSR count). The van der Waals surface area contributed by atoms with E-state index in [0.717, 1.165) is 32.7 Å². The van der Waals surface area contributed by atoms with Crippen LogP contribution in [0.4, 0.5) is 0 Å². The molecule has 5 nitrogen and oxygen atoms in total. The van der Waals surface area contributed by atoms with Crippen molar-refractivity contribution in [3.8, 4) is 0 Å². The second-order valence-electron chi connectivity index (χ2n) is 2.42. The zero-order valence-corrected chi connectivity index (χ0v) is 7.07. The van der Waals surface area contributed by atoms with Gasteiger partial charge in [0.2, 0.25) is 0 Å². The highest BCUT2D eigenvalue weighted by atomic mass is 16.3. The molecule has 0 spiro atoms. The smallest absolute Gasteiger partial charge is 0.290 e. The summed E-state index contributed by atoms with van der Waals surface area (Å²) in [5, 5.41) is 18.7. The molecular formula is C7H16N2O3. The Balaban J connectivity index is 0.000000354. The lowest BCUT2D eigenvalue weighted by Crippen LogP contribution is -2.44. The van der Waals surface area contributed by atoms with Crippen molar-refractivity contribution in [2.24, 2.45) is 0 Å². The molecule has 1 aliphatic heterocycles. The molecule has 1 aliphatic rings. The largest absolute Gasteiger partial charge is 0.483 e. The van der Waals surface area contributed by atoms with Crippen LogP contribution in [0, 0.1) is 0 Å². The fraction of sp³-hybridized carbons (Fsp3) is 0.857. The number of hydrogen-bond donors (Lipinski definition) is 3. The third kappa shape index (κ3) is 6.09. The van der Waals surface area contributed by atoms with Gasteiger partial charge >= 0.3 is 0 Å². The molecule has 12 heavy (non-hydrogen) atoms. The first-order valence-corrected chi connectivity index (χ1v) is 3.97. The second kappa shape index (κ2) is 8.45. The highest BCUT2D eigenvalue weighted by Gasteiger charge is 2.06. The standard InChI is InChI=1S/C6H14N2O.CH2O2/c9-6-5-8-3-1-7-2-4-8;2-1-3/h7,9H,1-6H2;1H,(H,2,3). The number of carbonyl (C=O) groups is 1. The molecule has 0 amide bonds. The van der Waals surface area contributed by atoms with Crippen LogP contribution in [0.3, 0.4) is 0 Å². The molecule has 0 radical (unpaired) electrons. The Kier molecular flexibility index (Phi) is 7.99. The first-order valence-electron chi connectivity index (χ1n) is 3.97. The molecule has 0 aromatic rings. The average Bonchev–Trinajstić information content (AvgIpc) is 2.08. The maximum absolute atomic E-state index is 8.56. The van der Waals surface area contributed by atoms with Crippen molar-refractivity contribution in [1.29, 1.82) is 0 Å². The Morgan fingerprint density at radius 3 is 2.33 bits per heavy atom. The zero-order valence-electron chi connectivity index (χ0n) is 7.07. The van der Waals surface area contributed by atoms with Crippen molar-refractivity contribution >= 4 is 6.47 Å². The lowest BCUT2D eigenvalue weighted by atomic mass is 10.4. The van der Waals surface area contributed by atoms with E-state index in [2.05, 4.69) is 10.2 Å². The van der Waals surface area contributed by atoms with Gasteiger partial charge < -0.3 is 15.5 Å². The van der Waals surface area contributed by atoms with E-state index in [-0.39, 0.29) is 6.47 Å². The molecule has 0 aromatic heterocycles. The SMILES string of the molecule is O=CO.OCCN1CCNCC1. The summed E-state index contributed by atoms with van der Waals surface area (Å²) >= 11 is 0. The summed E-state index contributed by atoms with van der Waals surface area (Å²) < 4.78 is 0. The average molecular weight is 176 g/mol. The molecule has 72 valence electrons. The van der Waals surface area contributed by atoms with E-state index in [0.29, 0.717) is 6.61 Å². The van der Waals surface area contributed by atoms with Gasteiger partial charge in [0.1, 0.15) is 0 Å². The summed E-state index contributed by atoms with van der Waals surface area (Å²) in [6.07, 6.45) is 0. The van der Waals surface area contributed by atoms with Gasteiger partial charge in [0.15, 0.2) is 0 Å². The number of nitrogens with zero attached hydrogens (tertiary/aromatic N) is 1. The quantitative estimate of drug-likeness (QED) is 0.451. The van der Waals surface area contributed by atoms with Gasteiger partial charge in [0.25, 0.3) is 6.47 Å². The van der Waals surface area contributed by atoms with Crippen LogP contribution in [0.2, 0.25) is 0 Å². The van der Waals surface area contributed by atoms with Crippen LogP contribution in [-0.2, 0) is 4.79 Å². The van der Waals surface area contributed by atoms with Gasteiger partial charge in [-0.25, -0.2) is 0 Å². The van der Waals surface area contributed by atoms with Gasteiger partial charge in [0.05, 0.1) is 6.61 Å². The maximum Gasteiger partial charge on any atom is 0.290 e. The van der Waals surface area contributed by atoms with Crippen LogP contribution in [-0.4, -0.2) is 60.9 Å². The van der Waals surface area contributed by atoms with Crippen LogP contribution < -0.4 is 5.32 Å². The van der Waals surface area contributed by atoms with E-state index < -0.39 is 0 Å². The summed E-state index contributed by atoms with van der Waals surface area (Å²) in [4.78, 5) is 10.6. The minimum Gasteiger partial charge on any atom is -0.483 e. The van der Waals surface area contributed by atoms with Crippen molar-refractivity contribution in [1.82, 2.24) is 10.2 Å². The second-order valence-corrected chi connectivity index (χ2v) is 2.42. The molecule has 0 aromatic carbocycles. The molecule has 0 saturated carbocycles. The van der Waals surface area contributed by atoms with E-state index in [1.807, 2.05) is 0 Å². The summed E-state index contributed by atoms with van der Waals surface area (Å²) in [6, 6.07) is 0. The van der Waals surface area contributed by atoms with Gasteiger partial charge in [0, 0.05) is 32.7 Å². The molecule has 0 unspecified atom stereocenters. The van der Waals surface area contributed by atoms with Gasteiger partial charge in [-0.3, -0.25) is 9.69 Å². The lowest BCUT2D eigenvalue weighted by Gasteiger charge is -2.25. The van der Waals surface area contributed by atoms with Crippen LogP contribution in [0.5, 0.6) is 0 Å². The number of rotatable bonds is 2. The predicted octanol–water partition coefficient (Wildman–Crippen LogP) is -1.42. The van der Waals surface area contributed by atoms with Crippen molar-refractivity contribution in [3.63, 3.8) is 0 Å². The minimum absolute atomic E-state index is 0.250. The topological polar surface area (TPSA) is 72.8 Å². The highest BCUT2D eigenvalue weighted by Crippen LogP contribution is 1.88. The fourth-order valence-corrected chi connectivity index (χ4v) is 1.08.